The van der Waals surface area contributed by atoms with Crippen molar-refractivity contribution in [1.82, 2.24) is 14.8 Å². The number of aldehydes is 1. The van der Waals surface area contributed by atoms with Crippen LogP contribution in [0.25, 0.3) is 0 Å². The highest BCUT2D eigenvalue weighted by atomic mass is 16.3. The molecule has 0 saturated heterocycles. The van der Waals surface area contributed by atoms with E-state index in [1.54, 1.807) is 4.68 Å². The molecule has 0 radical (unpaired) electrons. The normalized spacial score (nSPS) is 12.8. The van der Waals surface area contributed by atoms with E-state index < -0.39 is 6.10 Å². The molecule has 0 amide bonds. The largest absolute Gasteiger partial charge is 0.385 e. The molecule has 66 valence electrons. The summed E-state index contributed by atoms with van der Waals surface area (Å²) >= 11 is 0. The number of aliphatic hydroxyl groups is 1. The Bertz CT molecular complexity index is 259. The maximum atomic E-state index is 10.1. The Morgan fingerprint density at radius 3 is 3.17 bits per heavy atom. The number of rotatable bonds is 4. The SMILES string of the molecule is CCn1ncnc1CC(O)C=O. The fraction of sp³-hybridized carbons (Fsp3) is 0.571. The minimum absolute atomic E-state index is 0.233. The molecule has 1 atom stereocenters. The maximum Gasteiger partial charge on any atom is 0.148 e. The number of hydrogen-bond acceptors (Lipinski definition) is 4. The van der Waals surface area contributed by atoms with Crippen LogP contribution in [0.1, 0.15) is 12.7 Å². The zero-order valence-electron chi connectivity index (χ0n) is 6.84. The van der Waals surface area contributed by atoms with E-state index in [9.17, 15) is 4.79 Å². The monoisotopic (exact) mass is 169 g/mol. The molecular weight excluding hydrogens is 158 g/mol. The minimum Gasteiger partial charge on any atom is -0.385 e. The van der Waals surface area contributed by atoms with E-state index in [-0.39, 0.29) is 6.42 Å². The van der Waals surface area contributed by atoms with Crippen molar-refractivity contribution in [2.75, 3.05) is 0 Å². The number of aryl methyl sites for hydroxylation is 1. The molecule has 0 bridgehead atoms. The summed E-state index contributed by atoms with van der Waals surface area (Å²) in [5, 5.41) is 12.9. The zero-order valence-corrected chi connectivity index (χ0v) is 6.84. The van der Waals surface area contributed by atoms with Crippen LogP contribution in [0.4, 0.5) is 0 Å². The zero-order chi connectivity index (χ0) is 8.97. The average Bonchev–Trinajstić information content (AvgIpc) is 2.51. The van der Waals surface area contributed by atoms with E-state index >= 15 is 0 Å². The summed E-state index contributed by atoms with van der Waals surface area (Å²) in [6.45, 7) is 2.62. The molecule has 0 aliphatic heterocycles. The Kier molecular flexibility index (Phi) is 2.93. The van der Waals surface area contributed by atoms with Crippen LogP contribution in [-0.2, 0) is 17.8 Å². The van der Waals surface area contributed by atoms with Gasteiger partial charge in [-0.15, -0.1) is 0 Å². The first-order chi connectivity index (χ1) is 5.77. The molecule has 0 aromatic carbocycles. The molecule has 0 saturated carbocycles. The summed E-state index contributed by atoms with van der Waals surface area (Å²) in [5.41, 5.74) is 0. The third-order valence-electron chi connectivity index (χ3n) is 1.54. The third-order valence-corrected chi connectivity index (χ3v) is 1.54. The molecule has 1 aromatic heterocycles. The van der Waals surface area contributed by atoms with Crippen molar-refractivity contribution in [3.63, 3.8) is 0 Å². The van der Waals surface area contributed by atoms with Gasteiger partial charge in [-0.3, -0.25) is 4.68 Å². The third kappa shape index (κ3) is 1.88. The molecule has 0 fully saturated rings. The molecule has 0 aliphatic carbocycles. The predicted octanol–water partition coefficient (Wildman–Crippen LogP) is -0.600. The lowest BCUT2D eigenvalue weighted by Crippen LogP contribution is -2.16. The van der Waals surface area contributed by atoms with Crippen LogP contribution in [0, 0.1) is 0 Å². The molecule has 1 aromatic rings. The molecule has 1 N–H and O–H groups in total. The van der Waals surface area contributed by atoms with Crippen molar-refractivity contribution >= 4 is 6.29 Å². The number of nitrogens with zero attached hydrogens (tertiary/aromatic N) is 3. The molecular formula is C7H11N3O2. The van der Waals surface area contributed by atoms with Crippen LogP contribution in [0.5, 0.6) is 0 Å². The second kappa shape index (κ2) is 3.96. The Balaban J connectivity index is 2.67. The molecule has 5 heteroatoms. The van der Waals surface area contributed by atoms with E-state index in [2.05, 4.69) is 10.1 Å². The summed E-state index contributed by atoms with van der Waals surface area (Å²) in [5.74, 6) is 0.636. The molecule has 0 aliphatic rings. The van der Waals surface area contributed by atoms with E-state index in [0.29, 0.717) is 18.7 Å². The second-order valence-electron chi connectivity index (χ2n) is 2.40. The highest BCUT2D eigenvalue weighted by Gasteiger charge is 2.08. The fourth-order valence-electron chi connectivity index (χ4n) is 0.946. The molecule has 1 rings (SSSR count). The van der Waals surface area contributed by atoms with Gasteiger partial charge in [0.05, 0.1) is 0 Å². The number of hydrogen-bond donors (Lipinski definition) is 1. The van der Waals surface area contributed by atoms with Gasteiger partial charge >= 0.3 is 0 Å². The molecule has 12 heavy (non-hydrogen) atoms. The van der Waals surface area contributed by atoms with Crippen molar-refractivity contribution in [2.24, 2.45) is 0 Å². The van der Waals surface area contributed by atoms with Crippen LogP contribution in [-0.4, -0.2) is 32.3 Å². The first kappa shape index (κ1) is 8.86. The average molecular weight is 169 g/mol. The van der Waals surface area contributed by atoms with Gasteiger partial charge in [-0.2, -0.15) is 5.10 Å². The van der Waals surface area contributed by atoms with Crippen molar-refractivity contribution in [3.8, 4) is 0 Å². The summed E-state index contributed by atoms with van der Waals surface area (Å²) in [6, 6.07) is 0. The van der Waals surface area contributed by atoms with Gasteiger partial charge in [0.1, 0.15) is 24.5 Å². The molecule has 5 nitrogen and oxygen atoms in total. The van der Waals surface area contributed by atoms with Crippen LogP contribution in [0.2, 0.25) is 0 Å². The van der Waals surface area contributed by atoms with Gasteiger partial charge in [0, 0.05) is 13.0 Å². The number of carbonyl (C=O) groups is 1. The maximum absolute atomic E-state index is 10.1. The van der Waals surface area contributed by atoms with Crippen LogP contribution < -0.4 is 0 Å². The summed E-state index contributed by atoms with van der Waals surface area (Å²) in [6.07, 6.45) is 1.17. The van der Waals surface area contributed by atoms with Crippen LogP contribution in [0.3, 0.4) is 0 Å². The van der Waals surface area contributed by atoms with Gasteiger partial charge in [-0.05, 0) is 6.92 Å². The smallest absolute Gasteiger partial charge is 0.148 e. The first-order valence-corrected chi connectivity index (χ1v) is 3.78. The lowest BCUT2D eigenvalue weighted by atomic mass is 10.3. The van der Waals surface area contributed by atoms with Gasteiger partial charge in [-0.1, -0.05) is 0 Å². The molecule has 1 heterocycles. The highest BCUT2D eigenvalue weighted by Crippen LogP contribution is 1.97. The Morgan fingerprint density at radius 1 is 1.83 bits per heavy atom. The number of aliphatic hydroxyl groups excluding tert-OH is 1. The number of carbonyl (C=O) groups excluding carboxylic acids is 1. The first-order valence-electron chi connectivity index (χ1n) is 3.78. The fourth-order valence-corrected chi connectivity index (χ4v) is 0.946. The van der Waals surface area contributed by atoms with E-state index in [4.69, 9.17) is 5.11 Å². The van der Waals surface area contributed by atoms with Gasteiger partial charge in [0.25, 0.3) is 0 Å². The standard InChI is InChI=1S/C7H11N3O2/c1-2-10-7(8-5-9-10)3-6(12)4-11/h4-6,12H,2-3H2,1H3. The van der Waals surface area contributed by atoms with Crippen molar-refractivity contribution in [3.05, 3.63) is 12.2 Å². The van der Waals surface area contributed by atoms with Gasteiger partial charge in [0.15, 0.2) is 0 Å². The van der Waals surface area contributed by atoms with Crippen molar-refractivity contribution in [1.29, 1.82) is 0 Å². The van der Waals surface area contributed by atoms with Gasteiger partial charge in [0.2, 0.25) is 0 Å². The van der Waals surface area contributed by atoms with Crippen LogP contribution in [0.15, 0.2) is 6.33 Å². The lowest BCUT2D eigenvalue weighted by Gasteiger charge is -2.03. The highest BCUT2D eigenvalue weighted by molar-refractivity contribution is 5.55. The van der Waals surface area contributed by atoms with Crippen LogP contribution >= 0.6 is 0 Å². The quantitative estimate of drug-likeness (QED) is 0.611. The lowest BCUT2D eigenvalue weighted by molar-refractivity contribution is -0.114. The second-order valence-corrected chi connectivity index (χ2v) is 2.40. The van der Waals surface area contributed by atoms with Crippen molar-refractivity contribution < 1.29 is 9.90 Å². The van der Waals surface area contributed by atoms with E-state index in [0.717, 1.165) is 0 Å². The summed E-state index contributed by atoms with van der Waals surface area (Å²) in [4.78, 5) is 14.0. The Morgan fingerprint density at radius 2 is 2.58 bits per heavy atom. The minimum atomic E-state index is -0.973. The van der Waals surface area contributed by atoms with E-state index in [1.165, 1.54) is 6.33 Å². The summed E-state index contributed by atoms with van der Waals surface area (Å²) < 4.78 is 1.65. The van der Waals surface area contributed by atoms with Gasteiger partial charge < -0.3 is 9.90 Å². The Labute approximate surface area is 70.0 Å². The predicted molar refractivity (Wildman–Crippen MR) is 41.5 cm³/mol. The molecule has 1 unspecified atom stereocenters. The topological polar surface area (TPSA) is 68.0 Å². The van der Waals surface area contributed by atoms with Gasteiger partial charge in [-0.25, -0.2) is 4.98 Å². The Hall–Kier alpha value is -1.23. The summed E-state index contributed by atoms with van der Waals surface area (Å²) in [7, 11) is 0. The number of aromatic nitrogens is 3. The molecule has 0 spiro atoms. The van der Waals surface area contributed by atoms with Crippen molar-refractivity contribution in [2.45, 2.75) is 26.0 Å². The van der Waals surface area contributed by atoms with E-state index in [1.807, 2.05) is 6.92 Å².